The molecule has 0 aliphatic heterocycles. The first-order valence-corrected chi connectivity index (χ1v) is 5.23. The van der Waals surface area contributed by atoms with Crippen molar-refractivity contribution in [3.05, 3.63) is 0 Å². The third-order valence-corrected chi connectivity index (χ3v) is 3.17. The molecule has 0 heterocycles. The maximum absolute atomic E-state index is 2.39. The maximum atomic E-state index is 2.39. The molecule has 8 heavy (non-hydrogen) atoms. The van der Waals surface area contributed by atoms with Gasteiger partial charge in [-0.2, -0.15) is 0 Å². The fourth-order valence-corrected chi connectivity index (χ4v) is 1.12. The molecular formula is C6H14NTl. The summed E-state index contributed by atoms with van der Waals surface area (Å²) in [6, 6.07) is 0. The summed E-state index contributed by atoms with van der Waals surface area (Å²) in [5.41, 5.74) is 0. The van der Waals surface area contributed by atoms with E-state index in [9.17, 15) is 0 Å². The molecule has 0 unspecified atom stereocenters. The van der Waals surface area contributed by atoms with Gasteiger partial charge in [-0.1, -0.05) is 0 Å². The predicted octanol–water partition coefficient (Wildman–Crippen LogP) is 0.843. The molecule has 0 bridgehead atoms. The van der Waals surface area contributed by atoms with E-state index in [1.807, 2.05) is 0 Å². The molecule has 0 saturated heterocycles. The minimum atomic E-state index is 0.509. The zero-order valence-corrected chi connectivity index (χ0v) is 10.7. The minimum absolute atomic E-state index is 0.509. The Balaban J connectivity index is 3.62. The summed E-state index contributed by atoms with van der Waals surface area (Å²) in [5, 5.41) is 0. The SMILES string of the molecule is CCN(C)[C](C)(C)[Tl]. The van der Waals surface area contributed by atoms with Crippen molar-refractivity contribution >= 4 is 25.8 Å². The second kappa shape index (κ2) is 3.15. The molecule has 0 N–H and O–H groups in total. The van der Waals surface area contributed by atoms with Crippen LogP contribution in [0.1, 0.15) is 20.8 Å². The summed E-state index contributed by atoms with van der Waals surface area (Å²) in [4.78, 5) is 2.39. The summed E-state index contributed by atoms with van der Waals surface area (Å²) in [7, 11) is 2.18. The fraction of sp³-hybridized carbons (Fsp3) is 1.00. The van der Waals surface area contributed by atoms with Crippen molar-refractivity contribution < 1.29 is 0 Å². The van der Waals surface area contributed by atoms with Gasteiger partial charge in [-0.25, -0.2) is 0 Å². The van der Waals surface area contributed by atoms with E-state index in [4.69, 9.17) is 0 Å². The summed E-state index contributed by atoms with van der Waals surface area (Å²) >= 11 is 1.05. The van der Waals surface area contributed by atoms with Crippen LogP contribution in [0.2, 0.25) is 0 Å². The van der Waals surface area contributed by atoms with E-state index < -0.39 is 0 Å². The molecule has 0 aromatic carbocycles. The molecule has 0 aromatic heterocycles. The van der Waals surface area contributed by atoms with Gasteiger partial charge in [-0.15, -0.1) is 0 Å². The van der Waals surface area contributed by atoms with Gasteiger partial charge in [0, 0.05) is 0 Å². The predicted molar refractivity (Wildman–Crippen MR) is 38.1 cm³/mol. The first-order chi connectivity index (χ1) is 3.48. The van der Waals surface area contributed by atoms with E-state index in [1.54, 1.807) is 0 Å². The van der Waals surface area contributed by atoms with Gasteiger partial charge in [0.15, 0.2) is 0 Å². The monoisotopic (exact) mass is 305 g/mol. The second-order valence-corrected chi connectivity index (χ2v) is 8.16. The van der Waals surface area contributed by atoms with Gasteiger partial charge < -0.3 is 0 Å². The summed E-state index contributed by atoms with van der Waals surface area (Å²) < 4.78 is 0.509. The fourth-order valence-electron chi connectivity index (χ4n) is 0.408. The second-order valence-electron chi connectivity index (χ2n) is 2.67. The van der Waals surface area contributed by atoms with Gasteiger partial charge in [0.2, 0.25) is 0 Å². The van der Waals surface area contributed by atoms with Crippen LogP contribution in [-0.2, 0) is 0 Å². The molecule has 0 aliphatic rings. The number of hydrogen-bond donors (Lipinski definition) is 0. The van der Waals surface area contributed by atoms with E-state index in [-0.39, 0.29) is 0 Å². The van der Waals surface area contributed by atoms with Crippen LogP contribution in [-0.4, -0.2) is 47.4 Å². The molecule has 0 amide bonds. The molecule has 0 rings (SSSR count). The first-order valence-electron chi connectivity index (χ1n) is 2.98. The Morgan fingerprint density at radius 2 is 1.88 bits per heavy atom. The summed E-state index contributed by atoms with van der Waals surface area (Å²) in [5.74, 6) is 0. The standard InChI is InChI=1S/C6H14N.Tl/c1-5-7(4)6(2)3;/h5H2,1-4H3;. The molecule has 1 nitrogen and oxygen atoms in total. The van der Waals surface area contributed by atoms with Crippen molar-refractivity contribution in [3.63, 3.8) is 0 Å². The van der Waals surface area contributed by atoms with Crippen molar-refractivity contribution in [1.29, 1.82) is 0 Å². The molecule has 0 aliphatic carbocycles. The third kappa shape index (κ3) is 3.02. The molecular weight excluding hydrogens is 290 g/mol. The topological polar surface area (TPSA) is 3.24 Å². The van der Waals surface area contributed by atoms with E-state index >= 15 is 0 Å². The van der Waals surface area contributed by atoms with Crippen LogP contribution >= 0.6 is 0 Å². The van der Waals surface area contributed by atoms with E-state index in [0.717, 1.165) is 25.8 Å². The van der Waals surface area contributed by atoms with Crippen LogP contribution in [0.5, 0.6) is 0 Å². The van der Waals surface area contributed by atoms with Crippen LogP contribution in [0.4, 0.5) is 0 Å². The number of hydrogen-bond acceptors (Lipinski definition) is 1. The Hall–Kier alpha value is 0.882. The summed E-state index contributed by atoms with van der Waals surface area (Å²) in [6.07, 6.45) is 0. The van der Waals surface area contributed by atoms with Crippen LogP contribution in [0.15, 0.2) is 0 Å². The van der Waals surface area contributed by atoms with Crippen LogP contribution in [0.25, 0.3) is 0 Å². The van der Waals surface area contributed by atoms with Crippen LogP contribution in [0.3, 0.4) is 0 Å². The van der Waals surface area contributed by atoms with Crippen LogP contribution in [0, 0.1) is 0 Å². The molecule has 46 valence electrons. The van der Waals surface area contributed by atoms with E-state index in [2.05, 4.69) is 32.7 Å². The third-order valence-electron chi connectivity index (χ3n) is 1.46. The first kappa shape index (κ1) is 8.88. The van der Waals surface area contributed by atoms with E-state index in [1.165, 1.54) is 6.54 Å². The summed E-state index contributed by atoms with van der Waals surface area (Å²) in [6.45, 7) is 7.95. The van der Waals surface area contributed by atoms with Gasteiger partial charge in [0.05, 0.1) is 0 Å². The molecule has 0 aromatic rings. The van der Waals surface area contributed by atoms with Gasteiger partial charge in [0.1, 0.15) is 0 Å². The van der Waals surface area contributed by atoms with Gasteiger partial charge >= 0.3 is 68.1 Å². The zero-order chi connectivity index (χ0) is 6.78. The normalized spacial score (nSPS) is 12.5. The average molecular weight is 305 g/mol. The zero-order valence-electron chi connectivity index (χ0n) is 6.23. The van der Waals surface area contributed by atoms with E-state index in [0.29, 0.717) is 3.10 Å². The molecule has 0 fully saturated rings. The molecule has 0 spiro atoms. The van der Waals surface area contributed by atoms with Gasteiger partial charge in [-0.3, -0.25) is 0 Å². The van der Waals surface area contributed by atoms with Crippen molar-refractivity contribution in [3.8, 4) is 0 Å². The van der Waals surface area contributed by atoms with Gasteiger partial charge in [-0.05, 0) is 0 Å². The molecule has 0 radical (unpaired) electrons. The molecule has 2 heteroatoms. The Bertz CT molecular complexity index is 65.4. The quantitative estimate of drug-likeness (QED) is 0.684. The Morgan fingerprint density at radius 1 is 1.50 bits per heavy atom. The number of nitrogens with zero attached hydrogens (tertiary/aromatic N) is 1. The van der Waals surface area contributed by atoms with Crippen molar-refractivity contribution in [2.75, 3.05) is 13.6 Å². The molecule has 0 saturated carbocycles. The van der Waals surface area contributed by atoms with Crippen molar-refractivity contribution in [1.82, 2.24) is 4.90 Å². The number of rotatable bonds is 2. The van der Waals surface area contributed by atoms with Crippen molar-refractivity contribution in [2.45, 2.75) is 23.9 Å². The Morgan fingerprint density at radius 3 is 1.88 bits per heavy atom. The molecule has 0 atom stereocenters. The van der Waals surface area contributed by atoms with Gasteiger partial charge in [0.25, 0.3) is 0 Å². The Labute approximate surface area is 68.1 Å². The van der Waals surface area contributed by atoms with Crippen molar-refractivity contribution in [2.24, 2.45) is 0 Å². The average Bonchev–Trinajstić information content (AvgIpc) is 1.62. The van der Waals surface area contributed by atoms with Crippen LogP contribution < -0.4 is 0 Å². The Kier molecular flexibility index (Phi) is 3.50.